The smallest absolute Gasteiger partial charge is 0.226 e. The Hall–Kier alpha value is -1.31. The van der Waals surface area contributed by atoms with Gasteiger partial charge >= 0.3 is 0 Å². The van der Waals surface area contributed by atoms with Gasteiger partial charge in [-0.2, -0.15) is 0 Å². The summed E-state index contributed by atoms with van der Waals surface area (Å²) < 4.78 is 0. The fraction of sp³-hybridized carbons (Fsp3) is 0.611. The highest BCUT2D eigenvalue weighted by Crippen LogP contribution is 2.46. The van der Waals surface area contributed by atoms with Crippen LogP contribution in [0.3, 0.4) is 0 Å². The lowest BCUT2D eigenvalue weighted by atomic mass is 9.86. The lowest BCUT2D eigenvalue weighted by Gasteiger charge is -2.36. The molecule has 0 bridgehead atoms. The first-order valence-corrected chi connectivity index (χ1v) is 8.15. The van der Waals surface area contributed by atoms with E-state index in [0.717, 1.165) is 12.8 Å². The van der Waals surface area contributed by atoms with Crippen molar-refractivity contribution >= 4 is 5.91 Å². The highest BCUT2D eigenvalue weighted by atomic mass is 16.2. The van der Waals surface area contributed by atoms with Gasteiger partial charge in [-0.15, -0.1) is 0 Å². The quantitative estimate of drug-likeness (QED) is 0.819. The Morgan fingerprint density at radius 3 is 2.65 bits per heavy atom. The molecule has 2 nitrogen and oxygen atoms in total. The van der Waals surface area contributed by atoms with Crippen LogP contribution in [-0.4, -0.2) is 16.8 Å². The molecular formula is C18H23NO. The molecule has 0 heterocycles. The predicted octanol–water partition coefficient (Wildman–Crippen LogP) is 3.71. The third kappa shape index (κ3) is 2.06. The number of hydrogen-bond donors (Lipinski definition) is 0. The zero-order valence-corrected chi connectivity index (χ0v) is 12.2. The summed E-state index contributed by atoms with van der Waals surface area (Å²) in [6, 6.07) is 9.65. The number of nitrogens with zero attached hydrogens (tertiary/aromatic N) is 1. The molecular weight excluding hydrogens is 246 g/mol. The average molecular weight is 269 g/mol. The van der Waals surface area contributed by atoms with Crippen LogP contribution in [-0.2, 0) is 11.2 Å². The summed E-state index contributed by atoms with van der Waals surface area (Å²) in [5.41, 5.74) is 2.89. The summed E-state index contributed by atoms with van der Waals surface area (Å²) >= 11 is 0. The first kappa shape index (κ1) is 12.4. The first-order chi connectivity index (χ1) is 9.75. The summed E-state index contributed by atoms with van der Waals surface area (Å²) in [4.78, 5) is 15.1. The van der Waals surface area contributed by atoms with Crippen molar-refractivity contribution in [2.45, 2.75) is 57.5 Å². The van der Waals surface area contributed by atoms with Crippen LogP contribution in [0.15, 0.2) is 24.3 Å². The van der Waals surface area contributed by atoms with E-state index in [1.54, 1.807) is 0 Å². The van der Waals surface area contributed by atoms with Crippen LogP contribution < -0.4 is 0 Å². The number of rotatable bonds is 3. The van der Waals surface area contributed by atoms with Crippen LogP contribution in [0, 0.1) is 11.8 Å². The first-order valence-electron chi connectivity index (χ1n) is 8.15. The maximum absolute atomic E-state index is 12.8. The van der Waals surface area contributed by atoms with Gasteiger partial charge in [0, 0.05) is 12.0 Å². The van der Waals surface area contributed by atoms with E-state index in [4.69, 9.17) is 0 Å². The van der Waals surface area contributed by atoms with Crippen LogP contribution in [0.4, 0.5) is 0 Å². The highest BCUT2D eigenvalue weighted by molar-refractivity contribution is 5.82. The van der Waals surface area contributed by atoms with Crippen LogP contribution in [0.25, 0.3) is 0 Å². The third-order valence-electron chi connectivity index (χ3n) is 5.29. The van der Waals surface area contributed by atoms with Crippen LogP contribution in [0.5, 0.6) is 0 Å². The zero-order valence-electron chi connectivity index (χ0n) is 12.2. The van der Waals surface area contributed by atoms with Crippen molar-refractivity contribution in [3.05, 3.63) is 35.4 Å². The number of benzene rings is 1. The molecule has 3 atom stereocenters. The van der Waals surface area contributed by atoms with Gasteiger partial charge in [-0.1, -0.05) is 31.2 Å². The molecule has 0 radical (unpaired) electrons. The highest BCUT2D eigenvalue weighted by Gasteiger charge is 2.47. The molecule has 0 aliphatic heterocycles. The van der Waals surface area contributed by atoms with Crippen LogP contribution in [0.2, 0.25) is 0 Å². The second-order valence-corrected chi connectivity index (χ2v) is 6.90. The number of carbonyl (C=O) groups excluding carboxylic acids is 1. The Kier molecular flexibility index (Phi) is 2.87. The van der Waals surface area contributed by atoms with E-state index in [0.29, 0.717) is 29.8 Å². The second kappa shape index (κ2) is 4.61. The summed E-state index contributed by atoms with van der Waals surface area (Å²) in [7, 11) is 0. The molecule has 3 unspecified atom stereocenters. The minimum Gasteiger partial charge on any atom is -0.332 e. The van der Waals surface area contributed by atoms with E-state index in [1.807, 2.05) is 0 Å². The molecule has 3 aliphatic carbocycles. The van der Waals surface area contributed by atoms with E-state index in [-0.39, 0.29) is 0 Å². The molecule has 106 valence electrons. The molecule has 4 rings (SSSR count). The average Bonchev–Trinajstić information content (AvgIpc) is 3.37. The van der Waals surface area contributed by atoms with E-state index in [2.05, 4.69) is 36.1 Å². The van der Waals surface area contributed by atoms with E-state index >= 15 is 0 Å². The molecule has 0 spiro atoms. The van der Waals surface area contributed by atoms with Gasteiger partial charge in [-0.25, -0.2) is 0 Å². The van der Waals surface area contributed by atoms with Gasteiger partial charge in [-0.05, 0) is 55.6 Å². The van der Waals surface area contributed by atoms with Crippen molar-refractivity contribution in [1.29, 1.82) is 0 Å². The van der Waals surface area contributed by atoms with Crippen molar-refractivity contribution < 1.29 is 4.79 Å². The largest absolute Gasteiger partial charge is 0.332 e. The molecule has 2 fully saturated rings. The Morgan fingerprint density at radius 1 is 1.20 bits per heavy atom. The van der Waals surface area contributed by atoms with Gasteiger partial charge in [0.15, 0.2) is 0 Å². The molecule has 20 heavy (non-hydrogen) atoms. The zero-order chi connectivity index (χ0) is 13.7. The molecule has 1 amide bonds. The number of aryl methyl sites for hydroxylation is 1. The lowest BCUT2D eigenvalue weighted by Crippen LogP contribution is -2.39. The minimum atomic E-state index is 0.324. The summed E-state index contributed by atoms with van der Waals surface area (Å²) in [5.74, 6) is 1.38. The van der Waals surface area contributed by atoms with Gasteiger partial charge in [0.05, 0.1) is 6.04 Å². The second-order valence-electron chi connectivity index (χ2n) is 6.90. The minimum absolute atomic E-state index is 0.324. The SMILES string of the molecule is CC1CC1C(=O)N(C1CC1)C1CCCc2ccccc21. The normalized spacial score (nSPS) is 31.6. The standard InChI is InChI=1S/C18H23NO/c1-12-11-16(12)18(20)19(14-9-10-14)17-8-4-6-13-5-2-3-7-15(13)17/h2-3,5,7,12,14,16-17H,4,6,8-11H2,1H3. The Balaban J connectivity index is 1.66. The van der Waals surface area contributed by atoms with Crippen molar-refractivity contribution in [3.63, 3.8) is 0 Å². The maximum atomic E-state index is 12.8. The van der Waals surface area contributed by atoms with Gasteiger partial charge in [0.25, 0.3) is 0 Å². The Labute approximate surface area is 121 Å². The van der Waals surface area contributed by atoms with Crippen molar-refractivity contribution in [3.8, 4) is 0 Å². The monoisotopic (exact) mass is 269 g/mol. The fourth-order valence-corrected chi connectivity index (χ4v) is 3.82. The molecule has 0 aromatic heterocycles. The number of fused-ring (bicyclic) bond motifs is 1. The Morgan fingerprint density at radius 2 is 1.95 bits per heavy atom. The molecule has 1 aromatic carbocycles. The summed E-state index contributed by atoms with van der Waals surface area (Å²) in [5, 5.41) is 0. The van der Waals surface area contributed by atoms with Crippen LogP contribution in [0.1, 0.15) is 56.2 Å². The number of amides is 1. The number of hydrogen-bond acceptors (Lipinski definition) is 1. The molecule has 0 saturated heterocycles. The van der Waals surface area contributed by atoms with Crippen LogP contribution >= 0.6 is 0 Å². The molecule has 2 heteroatoms. The Bertz CT molecular complexity index is 534. The third-order valence-corrected chi connectivity index (χ3v) is 5.29. The van der Waals surface area contributed by atoms with Gasteiger partial charge in [-0.3, -0.25) is 4.79 Å². The van der Waals surface area contributed by atoms with Gasteiger partial charge in [0.1, 0.15) is 0 Å². The van der Waals surface area contributed by atoms with Crippen molar-refractivity contribution in [2.75, 3.05) is 0 Å². The number of carbonyl (C=O) groups is 1. The molecule has 0 N–H and O–H groups in total. The topological polar surface area (TPSA) is 20.3 Å². The van der Waals surface area contributed by atoms with Crippen molar-refractivity contribution in [2.24, 2.45) is 11.8 Å². The summed E-state index contributed by atoms with van der Waals surface area (Å²) in [6.45, 7) is 2.21. The van der Waals surface area contributed by atoms with E-state index in [1.165, 1.54) is 36.8 Å². The predicted molar refractivity (Wildman–Crippen MR) is 79.3 cm³/mol. The summed E-state index contributed by atoms with van der Waals surface area (Å²) in [6.07, 6.45) is 7.09. The molecule has 3 aliphatic rings. The lowest BCUT2D eigenvalue weighted by molar-refractivity contribution is -0.136. The molecule has 2 saturated carbocycles. The fourth-order valence-electron chi connectivity index (χ4n) is 3.82. The molecule has 1 aromatic rings. The van der Waals surface area contributed by atoms with E-state index in [9.17, 15) is 4.79 Å². The van der Waals surface area contributed by atoms with Gasteiger partial charge in [0.2, 0.25) is 5.91 Å². The van der Waals surface area contributed by atoms with Gasteiger partial charge < -0.3 is 4.90 Å². The maximum Gasteiger partial charge on any atom is 0.226 e. The van der Waals surface area contributed by atoms with Crippen molar-refractivity contribution in [1.82, 2.24) is 4.90 Å². The van der Waals surface area contributed by atoms with E-state index < -0.39 is 0 Å².